The topological polar surface area (TPSA) is 54.4 Å². The van der Waals surface area contributed by atoms with E-state index in [0.717, 1.165) is 0 Å². The van der Waals surface area contributed by atoms with E-state index in [9.17, 15) is 8.42 Å². The van der Waals surface area contributed by atoms with Crippen LogP contribution in [0, 0.1) is 0 Å². The van der Waals surface area contributed by atoms with Gasteiger partial charge in [-0.25, -0.2) is 0 Å². The number of rotatable bonds is 2. The van der Waals surface area contributed by atoms with Gasteiger partial charge in [-0.3, -0.25) is 4.55 Å². The molecule has 56 valence electrons. The van der Waals surface area contributed by atoms with Crippen LogP contribution in [0.5, 0.6) is 0 Å². The molecule has 0 atom stereocenters. The molecule has 0 aliphatic carbocycles. The Morgan fingerprint density at radius 3 is 1.78 bits per heavy atom. The van der Waals surface area contributed by atoms with Crippen molar-refractivity contribution < 1.29 is 13.0 Å². The summed E-state index contributed by atoms with van der Waals surface area (Å²) < 4.78 is 27.6. The maximum atomic E-state index is 10.3. The van der Waals surface area contributed by atoms with Crippen molar-refractivity contribution in [2.75, 3.05) is 5.33 Å². The van der Waals surface area contributed by atoms with Crippen molar-refractivity contribution in [3.63, 3.8) is 0 Å². The fourth-order valence-electron chi connectivity index (χ4n) is 0.0689. The zero-order valence-electron chi connectivity index (χ0n) is 4.01. The molecule has 7 heteroatoms. The van der Waals surface area contributed by atoms with Gasteiger partial charge < -0.3 is 0 Å². The Labute approximate surface area is 78.3 Å². The molecule has 0 radical (unpaired) electrons. The lowest BCUT2D eigenvalue weighted by molar-refractivity contribution is 0.481. The highest BCUT2D eigenvalue weighted by Crippen LogP contribution is 2.33. The highest BCUT2D eigenvalue weighted by atomic mass is 79.9. The minimum absolute atomic E-state index is 0.0683. The van der Waals surface area contributed by atoms with Crippen molar-refractivity contribution in [1.29, 1.82) is 0 Å². The predicted octanol–water partition coefficient (Wildman–Crippen LogP) is 1.71. The average molecular weight is 347 g/mol. The molecule has 9 heavy (non-hydrogen) atoms. The Kier molecular flexibility index (Phi) is 3.64. The van der Waals surface area contributed by atoms with Gasteiger partial charge in [0.1, 0.15) is 0 Å². The standard InChI is InChI=1S/C2H3Br3O3S/c3-1-2(4,5)9(6,7)8/h1H2,(H,6,7,8). The summed E-state index contributed by atoms with van der Waals surface area (Å²) in [4.78, 5) is 0. The molecule has 0 aliphatic rings. The Hall–Kier alpha value is 1.35. The molecule has 0 heterocycles. The van der Waals surface area contributed by atoms with E-state index in [1.54, 1.807) is 0 Å². The molecule has 0 aliphatic heterocycles. The van der Waals surface area contributed by atoms with Gasteiger partial charge in [0.25, 0.3) is 10.1 Å². The van der Waals surface area contributed by atoms with Gasteiger partial charge in [0.15, 0.2) is 0 Å². The molecular weight excluding hydrogens is 344 g/mol. The third-order valence-corrected chi connectivity index (χ3v) is 7.16. The van der Waals surface area contributed by atoms with E-state index in [1.165, 1.54) is 0 Å². The summed E-state index contributed by atoms with van der Waals surface area (Å²) in [7, 11) is -4.07. The van der Waals surface area contributed by atoms with Crippen LogP contribution in [0.3, 0.4) is 0 Å². The first-order chi connectivity index (χ1) is 3.81. The van der Waals surface area contributed by atoms with Crippen molar-refractivity contribution in [3.05, 3.63) is 0 Å². The van der Waals surface area contributed by atoms with Crippen LogP contribution in [0.15, 0.2) is 0 Å². The summed E-state index contributed by atoms with van der Waals surface area (Å²) in [5.41, 5.74) is 0. The Balaban J connectivity index is 4.56. The Morgan fingerprint density at radius 2 is 1.78 bits per heavy atom. The smallest absolute Gasteiger partial charge is 0.284 e. The third kappa shape index (κ3) is 2.83. The summed E-state index contributed by atoms with van der Waals surface area (Å²) >= 11 is 8.34. The predicted molar refractivity (Wildman–Crippen MR) is 45.9 cm³/mol. The molecular formula is C2H3Br3O3S. The van der Waals surface area contributed by atoms with E-state index in [4.69, 9.17) is 4.55 Å². The molecule has 0 fully saturated rings. The highest BCUT2D eigenvalue weighted by molar-refractivity contribution is 9.28. The SMILES string of the molecule is O=S(=O)(O)C(Br)(Br)CBr. The molecule has 3 nitrogen and oxygen atoms in total. The molecule has 0 spiro atoms. The van der Waals surface area contributed by atoms with E-state index < -0.39 is 12.7 Å². The number of halogens is 3. The average Bonchev–Trinajstić information content (AvgIpc) is 1.64. The van der Waals surface area contributed by atoms with Crippen LogP contribution < -0.4 is 0 Å². The Morgan fingerprint density at radius 1 is 1.44 bits per heavy atom. The van der Waals surface area contributed by atoms with Gasteiger partial charge in [0.2, 0.25) is 2.57 Å². The summed E-state index contributed by atoms with van der Waals surface area (Å²) in [6.45, 7) is 0. The van der Waals surface area contributed by atoms with E-state index in [-0.39, 0.29) is 5.33 Å². The van der Waals surface area contributed by atoms with Crippen LogP contribution in [0.4, 0.5) is 0 Å². The van der Waals surface area contributed by atoms with Crippen molar-refractivity contribution in [2.24, 2.45) is 0 Å². The summed E-state index contributed by atoms with van der Waals surface area (Å²) in [6.07, 6.45) is 0. The third-order valence-electron chi connectivity index (χ3n) is 0.533. The second-order valence-corrected chi connectivity index (χ2v) is 8.28. The first-order valence-corrected chi connectivity index (χ1v) is 5.87. The van der Waals surface area contributed by atoms with Gasteiger partial charge >= 0.3 is 0 Å². The van der Waals surface area contributed by atoms with Crippen LogP contribution in [0.1, 0.15) is 0 Å². The van der Waals surface area contributed by atoms with Crippen molar-refractivity contribution in [3.8, 4) is 0 Å². The summed E-state index contributed by atoms with van der Waals surface area (Å²) in [6, 6.07) is 0. The zero-order chi connectivity index (χ0) is 7.71. The van der Waals surface area contributed by atoms with Crippen LogP contribution in [-0.2, 0) is 10.1 Å². The second kappa shape index (κ2) is 3.17. The van der Waals surface area contributed by atoms with E-state index in [1.807, 2.05) is 0 Å². The minimum Gasteiger partial charge on any atom is -0.284 e. The van der Waals surface area contributed by atoms with Crippen LogP contribution in [-0.4, -0.2) is 20.9 Å². The van der Waals surface area contributed by atoms with Crippen molar-refractivity contribution in [1.82, 2.24) is 0 Å². The van der Waals surface area contributed by atoms with E-state index in [2.05, 4.69) is 47.8 Å². The second-order valence-electron chi connectivity index (χ2n) is 1.25. The van der Waals surface area contributed by atoms with Gasteiger partial charge in [-0.05, 0) is 0 Å². The lowest BCUT2D eigenvalue weighted by atomic mass is 11.0. The molecule has 0 aromatic heterocycles. The molecule has 0 unspecified atom stereocenters. The lowest BCUT2D eigenvalue weighted by Gasteiger charge is -2.11. The maximum absolute atomic E-state index is 10.3. The summed E-state index contributed by atoms with van der Waals surface area (Å²) in [5, 5.41) is 0.0683. The fraction of sp³-hybridized carbons (Fsp3) is 1.00. The maximum Gasteiger partial charge on any atom is 0.291 e. The number of hydrogen-bond donors (Lipinski definition) is 1. The largest absolute Gasteiger partial charge is 0.291 e. The van der Waals surface area contributed by atoms with Crippen molar-refractivity contribution >= 4 is 57.9 Å². The van der Waals surface area contributed by atoms with Gasteiger partial charge in [-0.2, -0.15) is 8.42 Å². The molecule has 0 bridgehead atoms. The zero-order valence-corrected chi connectivity index (χ0v) is 9.59. The fourth-order valence-corrected chi connectivity index (χ4v) is 1.07. The normalized spacial score (nSPS) is 13.8. The molecule has 0 aromatic carbocycles. The first kappa shape index (κ1) is 10.3. The minimum atomic E-state index is -4.07. The molecule has 0 amide bonds. The van der Waals surface area contributed by atoms with Gasteiger partial charge in [-0.15, -0.1) is 0 Å². The summed E-state index contributed by atoms with van der Waals surface area (Å²) in [5.74, 6) is 0. The number of hydrogen-bond acceptors (Lipinski definition) is 2. The molecule has 0 rings (SSSR count). The van der Waals surface area contributed by atoms with Gasteiger partial charge in [-0.1, -0.05) is 47.8 Å². The van der Waals surface area contributed by atoms with Crippen molar-refractivity contribution in [2.45, 2.75) is 2.57 Å². The van der Waals surface area contributed by atoms with Crippen LogP contribution in [0.2, 0.25) is 0 Å². The monoisotopic (exact) mass is 344 g/mol. The molecule has 0 saturated heterocycles. The van der Waals surface area contributed by atoms with Gasteiger partial charge in [0, 0.05) is 5.33 Å². The van der Waals surface area contributed by atoms with E-state index in [0.29, 0.717) is 0 Å². The van der Waals surface area contributed by atoms with Crippen LogP contribution >= 0.6 is 47.8 Å². The lowest BCUT2D eigenvalue weighted by Crippen LogP contribution is -2.25. The quantitative estimate of drug-likeness (QED) is 0.612. The Bertz CT molecular complexity index is 183. The highest BCUT2D eigenvalue weighted by Gasteiger charge is 2.35. The number of alkyl halides is 3. The first-order valence-electron chi connectivity index (χ1n) is 1.72. The molecule has 1 N–H and O–H groups in total. The molecule has 0 saturated carbocycles. The van der Waals surface area contributed by atoms with E-state index >= 15 is 0 Å². The molecule has 0 aromatic rings. The van der Waals surface area contributed by atoms with Crippen LogP contribution in [0.25, 0.3) is 0 Å². The van der Waals surface area contributed by atoms with Gasteiger partial charge in [0.05, 0.1) is 0 Å².